The summed E-state index contributed by atoms with van der Waals surface area (Å²) in [6, 6.07) is 5.04. The Hall–Kier alpha value is -1.70. The molecule has 1 fully saturated rings. The molecule has 2 rings (SSSR count). The van der Waals surface area contributed by atoms with Gasteiger partial charge in [0.05, 0.1) is 10.9 Å². The zero-order valence-corrected chi connectivity index (χ0v) is 14.0. The fourth-order valence-electron chi connectivity index (χ4n) is 2.53. The number of hydrogen-bond acceptors (Lipinski definition) is 4. The highest BCUT2D eigenvalue weighted by Crippen LogP contribution is 2.25. The second-order valence-corrected chi connectivity index (χ2v) is 8.47. The Morgan fingerprint density at radius 2 is 1.78 bits per heavy atom. The van der Waals surface area contributed by atoms with E-state index in [1.54, 1.807) is 4.90 Å². The van der Waals surface area contributed by atoms with Crippen LogP contribution in [-0.4, -0.2) is 43.1 Å². The monoisotopic (exact) mass is 346 g/mol. The highest BCUT2D eigenvalue weighted by atomic mass is 32.2. The van der Waals surface area contributed by atoms with Gasteiger partial charge in [0.1, 0.15) is 0 Å². The normalized spacial score (nSPS) is 19.5. The van der Waals surface area contributed by atoms with Crippen molar-refractivity contribution in [3.05, 3.63) is 24.3 Å². The summed E-state index contributed by atoms with van der Waals surface area (Å²) in [6.07, 6.45) is 0.342. The van der Waals surface area contributed by atoms with E-state index in [4.69, 9.17) is 0 Å². The molecule has 1 N–H and O–H groups in total. The first-order valence-corrected chi connectivity index (χ1v) is 8.75. The second-order valence-electron chi connectivity index (χ2n) is 6.55. The topological polar surface area (TPSA) is 66.5 Å². The average Bonchev–Trinajstić information content (AvgIpc) is 2.80. The Balaban J connectivity index is 2.07. The third-order valence-electron chi connectivity index (χ3n) is 3.72. The molecule has 0 bridgehead atoms. The molecule has 1 atom stereocenters. The lowest BCUT2D eigenvalue weighted by Gasteiger charge is -2.32. The van der Waals surface area contributed by atoms with Gasteiger partial charge in [-0.3, -0.25) is 4.79 Å². The number of hydrogen-bond donors (Lipinski definition) is 1. The zero-order chi connectivity index (χ0) is 17.4. The lowest BCUT2D eigenvalue weighted by Crippen LogP contribution is -2.43. The molecule has 1 aromatic rings. The quantitative estimate of drug-likeness (QED) is 0.910. The maximum atomic E-state index is 12.5. The third kappa shape index (κ3) is 3.80. The predicted molar refractivity (Wildman–Crippen MR) is 83.1 cm³/mol. The molecular weight excluding hydrogens is 326 g/mol. The molecule has 5 nitrogen and oxygen atoms in total. The number of carbonyl (C=O) groups is 1. The van der Waals surface area contributed by atoms with Crippen LogP contribution in [0, 0.1) is 0 Å². The summed E-state index contributed by atoms with van der Waals surface area (Å²) >= 11 is 0. The van der Waals surface area contributed by atoms with Gasteiger partial charge < -0.3 is 10.2 Å². The molecule has 8 heteroatoms. The molecule has 1 aromatic carbocycles. The molecule has 1 heterocycles. The van der Waals surface area contributed by atoms with Gasteiger partial charge in [-0.05, 0) is 45.0 Å². The SMILES string of the molecule is CC(C)(C)N1CC(Nc2ccc(S(=O)(=O)C(F)F)cc2)CC1=O. The summed E-state index contributed by atoms with van der Waals surface area (Å²) in [6.45, 7) is 6.41. The van der Waals surface area contributed by atoms with Crippen molar-refractivity contribution in [1.82, 2.24) is 4.90 Å². The van der Waals surface area contributed by atoms with E-state index in [1.165, 1.54) is 12.1 Å². The van der Waals surface area contributed by atoms with Crippen molar-refractivity contribution in [2.75, 3.05) is 11.9 Å². The van der Waals surface area contributed by atoms with Gasteiger partial charge in [0.25, 0.3) is 0 Å². The summed E-state index contributed by atoms with van der Waals surface area (Å²) in [5, 5.41) is 3.14. The van der Waals surface area contributed by atoms with Crippen LogP contribution in [-0.2, 0) is 14.6 Å². The van der Waals surface area contributed by atoms with Crippen molar-refractivity contribution < 1.29 is 22.0 Å². The largest absolute Gasteiger partial charge is 0.380 e. The minimum absolute atomic E-state index is 0.0481. The molecule has 1 aliphatic heterocycles. The van der Waals surface area contributed by atoms with E-state index in [-0.39, 0.29) is 17.5 Å². The average molecular weight is 346 g/mol. The molecule has 1 unspecified atom stereocenters. The van der Waals surface area contributed by atoms with E-state index >= 15 is 0 Å². The van der Waals surface area contributed by atoms with Gasteiger partial charge in [0, 0.05) is 24.2 Å². The summed E-state index contributed by atoms with van der Waals surface area (Å²) in [5.74, 6) is -3.39. The fourth-order valence-corrected chi connectivity index (χ4v) is 3.25. The molecule has 0 spiro atoms. The predicted octanol–water partition coefficient (Wildman–Crippen LogP) is 2.49. The molecular formula is C15H20F2N2O3S. The number of halogens is 2. The van der Waals surface area contributed by atoms with E-state index < -0.39 is 20.5 Å². The number of alkyl halides is 2. The van der Waals surface area contributed by atoms with Crippen LogP contribution in [0.25, 0.3) is 0 Å². The van der Waals surface area contributed by atoms with Crippen molar-refractivity contribution >= 4 is 21.4 Å². The highest BCUT2D eigenvalue weighted by molar-refractivity contribution is 7.91. The number of amides is 1. The van der Waals surface area contributed by atoms with Crippen LogP contribution in [0.2, 0.25) is 0 Å². The first-order chi connectivity index (χ1) is 10.5. The molecule has 0 aliphatic carbocycles. The van der Waals surface area contributed by atoms with E-state index in [9.17, 15) is 22.0 Å². The Kier molecular flexibility index (Phi) is 4.66. The zero-order valence-electron chi connectivity index (χ0n) is 13.2. The third-order valence-corrected chi connectivity index (χ3v) is 5.12. The summed E-state index contributed by atoms with van der Waals surface area (Å²) in [4.78, 5) is 13.4. The molecule has 0 saturated carbocycles. The Morgan fingerprint density at radius 1 is 1.22 bits per heavy atom. The Bertz CT molecular complexity index is 682. The summed E-state index contributed by atoms with van der Waals surface area (Å²) < 4.78 is 47.7. The van der Waals surface area contributed by atoms with Crippen LogP contribution in [0.1, 0.15) is 27.2 Å². The number of likely N-dealkylation sites (tertiary alicyclic amines) is 1. The molecule has 128 valence electrons. The maximum absolute atomic E-state index is 12.5. The van der Waals surface area contributed by atoms with Crippen LogP contribution in [0.4, 0.5) is 14.5 Å². The first-order valence-electron chi connectivity index (χ1n) is 7.21. The molecule has 1 amide bonds. The van der Waals surface area contributed by atoms with Crippen molar-refractivity contribution in [2.24, 2.45) is 0 Å². The molecule has 23 heavy (non-hydrogen) atoms. The maximum Gasteiger partial charge on any atom is 0.341 e. The van der Waals surface area contributed by atoms with Crippen molar-refractivity contribution in [3.63, 3.8) is 0 Å². The number of anilines is 1. The number of sulfone groups is 1. The van der Waals surface area contributed by atoms with E-state index in [1.807, 2.05) is 20.8 Å². The molecule has 0 radical (unpaired) electrons. The van der Waals surface area contributed by atoms with Crippen LogP contribution in [0.5, 0.6) is 0 Å². The Labute approximate surface area is 134 Å². The van der Waals surface area contributed by atoms with E-state index in [0.29, 0.717) is 18.7 Å². The minimum Gasteiger partial charge on any atom is -0.380 e. The first kappa shape index (κ1) is 17.7. The molecule has 0 aromatic heterocycles. The number of rotatable bonds is 4. The summed E-state index contributed by atoms with van der Waals surface area (Å²) in [5.41, 5.74) is 0.328. The van der Waals surface area contributed by atoms with Gasteiger partial charge in [-0.1, -0.05) is 0 Å². The van der Waals surface area contributed by atoms with Crippen molar-refractivity contribution in [3.8, 4) is 0 Å². The lowest BCUT2D eigenvalue weighted by molar-refractivity contribution is -0.131. The highest BCUT2D eigenvalue weighted by Gasteiger charge is 2.36. The number of nitrogens with one attached hydrogen (secondary N) is 1. The minimum atomic E-state index is -4.58. The van der Waals surface area contributed by atoms with E-state index in [2.05, 4.69) is 5.32 Å². The van der Waals surface area contributed by atoms with Crippen LogP contribution < -0.4 is 5.32 Å². The van der Waals surface area contributed by atoms with Gasteiger partial charge in [-0.15, -0.1) is 0 Å². The van der Waals surface area contributed by atoms with Gasteiger partial charge >= 0.3 is 5.76 Å². The van der Waals surface area contributed by atoms with Gasteiger partial charge in [0.2, 0.25) is 15.7 Å². The standard InChI is InChI=1S/C15H20F2N2O3S/c1-15(2,3)19-9-11(8-13(19)20)18-10-4-6-12(7-5-10)23(21,22)14(16)17/h4-7,11,14,18H,8-9H2,1-3H3. The number of nitrogens with zero attached hydrogens (tertiary/aromatic N) is 1. The lowest BCUT2D eigenvalue weighted by atomic mass is 10.1. The smallest absolute Gasteiger partial charge is 0.341 e. The van der Waals surface area contributed by atoms with Crippen LogP contribution in [0.15, 0.2) is 29.2 Å². The molecule has 1 aliphatic rings. The van der Waals surface area contributed by atoms with Crippen molar-refractivity contribution in [1.29, 1.82) is 0 Å². The number of benzene rings is 1. The van der Waals surface area contributed by atoms with Gasteiger partial charge in [-0.25, -0.2) is 8.42 Å². The molecule has 1 saturated heterocycles. The number of carbonyl (C=O) groups excluding carboxylic acids is 1. The van der Waals surface area contributed by atoms with Gasteiger partial charge in [0.15, 0.2) is 0 Å². The summed E-state index contributed by atoms with van der Waals surface area (Å²) in [7, 11) is -4.58. The Morgan fingerprint density at radius 3 is 2.22 bits per heavy atom. The fraction of sp³-hybridized carbons (Fsp3) is 0.533. The van der Waals surface area contributed by atoms with Crippen molar-refractivity contribution in [2.45, 2.75) is 49.4 Å². The van der Waals surface area contributed by atoms with Crippen LogP contribution >= 0.6 is 0 Å². The second kappa shape index (κ2) is 6.07. The van der Waals surface area contributed by atoms with Crippen LogP contribution in [0.3, 0.4) is 0 Å². The van der Waals surface area contributed by atoms with Gasteiger partial charge in [-0.2, -0.15) is 8.78 Å². The van der Waals surface area contributed by atoms with E-state index in [0.717, 1.165) is 12.1 Å².